The molecule has 1 fully saturated rings. The minimum absolute atomic E-state index is 0.186. The lowest BCUT2D eigenvalue weighted by Gasteiger charge is -2.40. The number of rotatable bonds is 0. The van der Waals surface area contributed by atoms with Crippen LogP contribution < -0.4 is 10.1 Å². The van der Waals surface area contributed by atoms with E-state index in [4.69, 9.17) is 4.74 Å². The van der Waals surface area contributed by atoms with Crippen molar-refractivity contribution < 1.29 is 9.53 Å². The molecule has 2 aliphatic rings. The van der Waals surface area contributed by atoms with E-state index in [0.717, 1.165) is 25.9 Å². The van der Waals surface area contributed by atoms with Gasteiger partial charge in [-0.15, -0.1) is 0 Å². The molecule has 1 aromatic rings. The maximum Gasteiger partial charge on any atom is 0.170 e. The van der Waals surface area contributed by atoms with Crippen molar-refractivity contribution in [2.75, 3.05) is 13.1 Å². The summed E-state index contributed by atoms with van der Waals surface area (Å²) in [5, 5.41) is 3.29. The fourth-order valence-corrected chi connectivity index (χ4v) is 2.51. The van der Waals surface area contributed by atoms with E-state index in [9.17, 15) is 4.79 Å². The maximum atomic E-state index is 12.0. The van der Waals surface area contributed by atoms with Crippen LogP contribution in [0, 0.1) is 0 Å². The number of nitrogens with zero attached hydrogens (tertiary/aromatic N) is 1. The smallest absolute Gasteiger partial charge is 0.170 e. The molecule has 4 nitrogen and oxygen atoms in total. The number of ketones is 1. The Morgan fingerprint density at radius 2 is 2.19 bits per heavy atom. The highest BCUT2D eigenvalue weighted by atomic mass is 16.5. The largest absolute Gasteiger partial charge is 0.484 e. The number of ether oxygens (including phenoxy) is 1. The van der Waals surface area contributed by atoms with Gasteiger partial charge in [0, 0.05) is 19.0 Å². The van der Waals surface area contributed by atoms with Crippen LogP contribution in [0.5, 0.6) is 5.75 Å². The Morgan fingerprint density at radius 3 is 3.00 bits per heavy atom. The Labute approximate surface area is 94.0 Å². The van der Waals surface area contributed by atoms with Crippen molar-refractivity contribution in [3.05, 3.63) is 24.0 Å². The van der Waals surface area contributed by atoms with E-state index < -0.39 is 0 Å². The number of hydrogen-bond donors (Lipinski definition) is 1. The molecule has 1 N–H and O–H groups in total. The highest BCUT2D eigenvalue weighted by molar-refractivity contribution is 6.00. The van der Waals surface area contributed by atoms with Gasteiger partial charge in [-0.1, -0.05) is 0 Å². The molecule has 0 unspecified atom stereocenters. The van der Waals surface area contributed by atoms with Gasteiger partial charge in [-0.3, -0.25) is 9.78 Å². The van der Waals surface area contributed by atoms with Gasteiger partial charge in [0.25, 0.3) is 0 Å². The van der Waals surface area contributed by atoms with Crippen LogP contribution in [0.25, 0.3) is 0 Å². The number of piperidine rings is 1. The van der Waals surface area contributed by atoms with Crippen molar-refractivity contribution in [1.82, 2.24) is 10.3 Å². The van der Waals surface area contributed by atoms with Crippen LogP contribution in [0.4, 0.5) is 0 Å². The lowest BCUT2D eigenvalue weighted by Crippen LogP contribution is -2.49. The van der Waals surface area contributed by atoms with Crippen LogP contribution in [0.2, 0.25) is 0 Å². The van der Waals surface area contributed by atoms with Crippen molar-refractivity contribution in [3.8, 4) is 5.75 Å². The minimum Gasteiger partial charge on any atom is -0.484 e. The highest BCUT2D eigenvalue weighted by Crippen LogP contribution is 2.37. The van der Waals surface area contributed by atoms with E-state index in [0.29, 0.717) is 17.7 Å². The zero-order valence-electron chi connectivity index (χ0n) is 9.03. The van der Waals surface area contributed by atoms with Gasteiger partial charge in [-0.25, -0.2) is 0 Å². The van der Waals surface area contributed by atoms with Crippen LogP contribution >= 0.6 is 0 Å². The zero-order chi connectivity index (χ0) is 11.0. The Kier molecular flexibility index (Phi) is 2.17. The molecule has 2 aliphatic heterocycles. The predicted molar refractivity (Wildman–Crippen MR) is 58.6 cm³/mol. The van der Waals surface area contributed by atoms with Gasteiger partial charge in [0.05, 0.1) is 18.2 Å². The molecule has 0 aromatic carbocycles. The molecule has 0 radical (unpaired) electrons. The molecular weight excluding hydrogens is 204 g/mol. The molecule has 3 rings (SSSR count). The SMILES string of the molecule is O=C1CC2(CCNCC2)Oc2cnccc21. The van der Waals surface area contributed by atoms with E-state index >= 15 is 0 Å². The van der Waals surface area contributed by atoms with Crippen LogP contribution in [0.15, 0.2) is 18.5 Å². The molecule has 3 heterocycles. The monoisotopic (exact) mass is 218 g/mol. The Bertz CT molecular complexity index is 425. The third-order valence-corrected chi connectivity index (χ3v) is 3.41. The first-order valence-corrected chi connectivity index (χ1v) is 5.66. The van der Waals surface area contributed by atoms with Gasteiger partial charge in [-0.05, 0) is 19.2 Å². The van der Waals surface area contributed by atoms with Gasteiger partial charge < -0.3 is 10.1 Å². The summed E-state index contributed by atoms with van der Waals surface area (Å²) in [5.41, 5.74) is 0.400. The second-order valence-corrected chi connectivity index (χ2v) is 4.51. The van der Waals surface area contributed by atoms with Crippen LogP contribution in [0.1, 0.15) is 29.6 Å². The number of nitrogens with one attached hydrogen (secondary N) is 1. The molecule has 1 aromatic heterocycles. The Balaban J connectivity index is 1.96. The number of aromatic nitrogens is 1. The number of fused-ring (bicyclic) bond motifs is 1. The van der Waals surface area contributed by atoms with E-state index in [1.165, 1.54) is 0 Å². The van der Waals surface area contributed by atoms with Crippen LogP contribution in [0.3, 0.4) is 0 Å². The molecule has 0 saturated carbocycles. The number of Topliss-reactive ketones (excluding diaryl/α,β-unsaturated/α-hetero) is 1. The summed E-state index contributed by atoms with van der Waals surface area (Å²) in [6.45, 7) is 1.84. The lowest BCUT2D eigenvalue weighted by molar-refractivity contribution is 0.0184. The molecular formula is C12H14N2O2. The van der Waals surface area contributed by atoms with E-state index in [1.807, 2.05) is 0 Å². The van der Waals surface area contributed by atoms with Gasteiger partial charge >= 0.3 is 0 Å². The summed E-state index contributed by atoms with van der Waals surface area (Å²) in [6, 6.07) is 1.74. The summed E-state index contributed by atoms with van der Waals surface area (Å²) in [7, 11) is 0. The van der Waals surface area contributed by atoms with Crippen molar-refractivity contribution in [3.63, 3.8) is 0 Å². The zero-order valence-corrected chi connectivity index (χ0v) is 9.03. The molecule has 4 heteroatoms. The quantitative estimate of drug-likeness (QED) is 0.710. The molecule has 1 saturated heterocycles. The average Bonchev–Trinajstić information content (AvgIpc) is 2.30. The third-order valence-electron chi connectivity index (χ3n) is 3.41. The number of pyridine rings is 1. The average molecular weight is 218 g/mol. The predicted octanol–water partition coefficient (Wildman–Crippen LogP) is 1.17. The number of hydrogen-bond acceptors (Lipinski definition) is 4. The van der Waals surface area contributed by atoms with Gasteiger partial charge in [0.2, 0.25) is 0 Å². The molecule has 0 amide bonds. The molecule has 0 aliphatic carbocycles. The first kappa shape index (κ1) is 9.78. The summed E-state index contributed by atoms with van der Waals surface area (Å²) in [5.74, 6) is 0.839. The summed E-state index contributed by atoms with van der Waals surface area (Å²) in [4.78, 5) is 16.0. The van der Waals surface area contributed by atoms with Crippen LogP contribution in [-0.2, 0) is 0 Å². The maximum absolute atomic E-state index is 12.0. The van der Waals surface area contributed by atoms with Gasteiger partial charge in [0.15, 0.2) is 5.78 Å². The molecule has 16 heavy (non-hydrogen) atoms. The number of carbonyl (C=O) groups is 1. The first-order valence-electron chi connectivity index (χ1n) is 5.66. The molecule has 0 bridgehead atoms. The lowest BCUT2D eigenvalue weighted by atomic mass is 9.83. The van der Waals surface area contributed by atoms with E-state index in [1.54, 1.807) is 18.5 Å². The Hall–Kier alpha value is -1.42. The highest BCUT2D eigenvalue weighted by Gasteiger charge is 2.41. The first-order chi connectivity index (χ1) is 7.79. The van der Waals surface area contributed by atoms with Crippen molar-refractivity contribution in [2.24, 2.45) is 0 Å². The summed E-state index contributed by atoms with van der Waals surface area (Å²) >= 11 is 0. The van der Waals surface area contributed by atoms with Crippen molar-refractivity contribution in [1.29, 1.82) is 0 Å². The van der Waals surface area contributed by atoms with Crippen molar-refractivity contribution >= 4 is 5.78 Å². The molecule has 0 atom stereocenters. The fraction of sp³-hybridized carbons (Fsp3) is 0.500. The summed E-state index contributed by atoms with van der Waals surface area (Å²) < 4.78 is 6.01. The Morgan fingerprint density at radius 1 is 1.38 bits per heavy atom. The van der Waals surface area contributed by atoms with Gasteiger partial charge in [0.1, 0.15) is 11.4 Å². The molecule has 84 valence electrons. The normalized spacial score (nSPS) is 22.6. The van der Waals surface area contributed by atoms with Crippen molar-refractivity contribution in [2.45, 2.75) is 24.9 Å². The standard InChI is InChI=1S/C12H14N2O2/c15-10-7-12(2-5-13-6-3-12)16-11-8-14-4-1-9(10)11/h1,4,8,13H,2-3,5-7H2. The third kappa shape index (κ3) is 1.50. The topological polar surface area (TPSA) is 51.2 Å². The molecule has 1 spiro atoms. The number of carbonyl (C=O) groups excluding carboxylic acids is 1. The summed E-state index contributed by atoms with van der Waals surface area (Å²) in [6.07, 6.45) is 5.59. The van der Waals surface area contributed by atoms with Gasteiger partial charge in [-0.2, -0.15) is 0 Å². The van der Waals surface area contributed by atoms with Crippen LogP contribution in [-0.4, -0.2) is 29.5 Å². The van der Waals surface area contributed by atoms with E-state index in [-0.39, 0.29) is 11.4 Å². The fourth-order valence-electron chi connectivity index (χ4n) is 2.51. The second kappa shape index (κ2) is 3.56. The second-order valence-electron chi connectivity index (χ2n) is 4.51. The minimum atomic E-state index is -0.279. The van der Waals surface area contributed by atoms with E-state index in [2.05, 4.69) is 10.3 Å².